The van der Waals surface area contributed by atoms with Gasteiger partial charge in [0.15, 0.2) is 5.58 Å². The number of furan rings is 1. The smallest absolute Gasteiger partial charge is 0.156 e. The molecule has 0 saturated carbocycles. The molecule has 16 heavy (non-hydrogen) atoms. The molecular formula is C12H9BrClNO. The van der Waals surface area contributed by atoms with Crippen molar-refractivity contribution in [2.75, 3.05) is 0 Å². The van der Waals surface area contributed by atoms with Crippen molar-refractivity contribution in [2.45, 2.75) is 19.8 Å². The van der Waals surface area contributed by atoms with Crippen LogP contribution in [0.3, 0.4) is 0 Å². The molecule has 0 atom stereocenters. The summed E-state index contributed by atoms with van der Waals surface area (Å²) in [5.41, 5.74) is 2.50. The average molecular weight is 299 g/mol. The second-order valence-corrected chi connectivity index (χ2v) is 4.66. The van der Waals surface area contributed by atoms with Crippen LogP contribution in [-0.2, 0) is 6.42 Å². The number of pyridine rings is 1. The molecule has 0 aliphatic heterocycles. The first kappa shape index (κ1) is 11.5. The van der Waals surface area contributed by atoms with Gasteiger partial charge in [0.05, 0.1) is 4.47 Å². The second-order valence-electron chi connectivity index (χ2n) is 3.48. The number of terminal acetylenes is 1. The van der Waals surface area contributed by atoms with Gasteiger partial charge in [-0.3, -0.25) is 0 Å². The molecule has 2 aromatic rings. The van der Waals surface area contributed by atoms with Gasteiger partial charge < -0.3 is 4.42 Å². The molecule has 0 amide bonds. The largest absolute Gasteiger partial charge is 0.458 e. The summed E-state index contributed by atoms with van der Waals surface area (Å²) in [5.74, 6) is 3.41. The number of nitrogens with zero attached hydrogens (tertiary/aromatic N) is 1. The van der Waals surface area contributed by atoms with Crippen LogP contribution < -0.4 is 0 Å². The lowest BCUT2D eigenvalue weighted by molar-refractivity contribution is 0.546. The second kappa shape index (κ2) is 4.48. The molecule has 0 saturated heterocycles. The van der Waals surface area contributed by atoms with E-state index in [-0.39, 0.29) is 0 Å². The van der Waals surface area contributed by atoms with Gasteiger partial charge in [-0.1, -0.05) is 11.6 Å². The van der Waals surface area contributed by atoms with Gasteiger partial charge in [0.2, 0.25) is 0 Å². The minimum absolute atomic E-state index is 0.468. The summed E-state index contributed by atoms with van der Waals surface area (Å²) in [7, 11) is 0. The highest BCUT2D eigenvalue weighted by atomic mass is 79.9. The third kappa shape index (κ3) is 1.95. The first-order chi connectivity index (χ1) is 7.63. The Morgan fingerprint density at radius 3 is 3.06 bits per heavy atom. The van der Waals surface area contributed by atoms with E-state index in [0.717, 1.165) is 26.9 Å². The van der Waals surface area contributed by atoms with E-state index in [1.54, 1.807) is 6.07 Å². The molecule has 0 spiro atoms. The van der Waals surface area contributed by atoms with Gasteiger partial charge in [-0.15, -0.1) is 12.3 Å². The molecule has 4 heteroatoms. The van der Waals surface area contributed by atoms with Crippen molar-refractivity contribution in [3.63, 3.8) is 0 Å². The Hall–Kier alpha value is -0.980. The number of fused-ring (bicyclic) bond motifs is 1. The fraction of sp³-hybridized carbons (Fsp3) is 0.250. The standard InChI is InChI=1S/C12H9BrClNO/c1-3-4-5-8-10(13)11-12(16-8)7(2)6-9(14)15-11/h1,6H,4-5H2,2H3. The van der Waals surface area contributed by atoms with Crippen LogP contribution in [0.5, 0.6) is 0 Å². The molecule has 2 aromatic heterocycles. The van der Waals surface area contributed by atoms with Crippen molar-refractivity contribution in [1.29, 1.82) is 0 Å². The lowest BCUT2D eigenvalue weighted by atomic mass is 10.2. The number of aromatic nitrogens is 1. The molecule has 0 aromatic carbocycles. The number of rotatable bonds is 2. The van der Waals surface area contributed by atoms with E-state index >= 15 is 0 Å². The van der Waals surface area contributed by atoms with Gasteiger partial charge in [-0.25, -0.2) is 4.98 Å². The summed E-state index contributed by atoms with van der Waals surface area (Å²) in [6.45, 7) is 1.94. The van der Waals surface area contributed by atoms with Gasteiger partial charge in [0.1, 0.15) is 16.4 Å². The summed E-state index contributed by atoms with van der Waals surface area (Å²) in [6, 6.07) is 1.78. The number of aryl methyl sites for hydroxylation is 2. The van der Waals surface area contributed by atoms with Crippen LogP contribution in [0.15, 0.2) is 15.0 Å². The third-order valence-electron chi connectivity index (χ3n) is 2.30. The molecule has 2 rings (SSSR count). The van der Waals surface area contributed by atoms with Crippen molar-refractivity contribution < 1.29 is 4.42 Å². The molecule has 0 N–H and O–H groups in total. The van der Waals surface area contributed by atoms with Gasteiger partial charge in [-0.2, -0.15) is 0 Å². The summed E-state index contributed by atoms with van der Waals surface area (Å²) >= 11 is 9.37. The number of halogens is 2. The topological polar surface area (TPSA) is 26.0 Å². The van der Waals surface area contributed by atoms with Crippen LogP contribution in [-0.4, -0.2) is 4.98 Å². The molecule has 2 heterocycles. The van der Waals surface area contributed by atoms with Crippen molar-refractivity contribution in [2.24, 2.45) is 0 Å². The molecule has 0 bridgehead atoms. The highest BCUT2D eigenvalue weighted by molar-refractivity contribution is 9.10. The van der Waals surface area contributed by atoms with E-state index in [4.69, 9.17) is 22.4 Å². The Morgan fingerprint density at radius 1 is 1.62 bits per heavy atom. The van der Waals surface area contributed by atoms with E-state index in [0.29, 0.717) is 18.0 Å². The quantitative estimate of drug-likeness (QED) is 0.616. The molecule has 2 nitrogen and oxygen atoms in total. The SMILES string of the molecule is C#CCCc1oc2c(C)cc(Cl)nc2c1Br. The van der Waals surface area contributed by atoms with Crippen LogP contribution in [0.2, 0.25) is 5.15 Å². The Kier molecular flexibility index (Phi) is 3.22. The first-order valence-corrected chi connectivity index (χ1v) is 5.98. The van der Waals surface area contributed by atoms with Crippen LogP contribution in [0, 0.1) is 19.3 Å². The molecule has 0 unspecified atom stereocenters. The zero-order chi connectivity index (χ0) is 11.7. The van der Waals surface area contributed by atoms with Crippen LogP contribution in [0.4, 0.5) is 0 Å². The Balaban J connectivity index is 2.59. The van der Waals surface area contributed by atoms with E-state index in [1.165, 1.54) is 0 Å². The molecule has 0 fully saturated rings. The Bertz CT molecular complexity index is 583. The predicted octanol–water partition coefficient (Wildman–Crippen LogP) is 4.12. The van der Waals surface area contributed by atoms with Gasteiger partial charge in [0, 0.05) is 12.8 Å². The van der Waals surface area contributed by atoms with Crippen molar-refractivity contribution in [1.82, 2.24) is 4.98 Å². The fourth-order valence-corrected chi connectivity index (χ4v) is 2.34. The maximum atomic E-state index is 5.90. The normalized spacial score (nSPS) is 10.6. The number of hydrogen-bond donors (Lipinski definition) is 0. The summed E-state index contributed by atoms with van der Waals surface area (Å²) < 4.78 is 6.57. The fourth-order valence-electron chi connectivity index (χ4n) is 1.54. The van der Waals surface area contributed by atoms with E-state index < -0.39 is 0 Å². The minimum Gasteiger partial charge on any atom is -0.458 e. The zero-order valence-corrected chi connectivity index (χ0v) is 11.0. The molecular weight excluding hydrogens is 289 g/mol. The Morgan fingerprint density at radius 2 is 2.38 bits per heavy atom. The molecule has 0 aliphatic carbocycles. The summed E-state index contributed by atoms with van der Waals surface area (Å²) in [5, 5.41) is 0.468. The summed E-state index contributed by atoms with van der Waals surface area (Å²) in [4.78, 5) is 4.24. The van der Waals surface area contributed by atoms with E-state index in [1.807, 2.05) is 6.92 Å². The maximum absolute atomic E-state index is 5.90. The summed E-state index contributed by atoms with van der Waals surface area (Å²) in [6.07, 6.45) is 6.57. The van der Waals surface area contributed by atoms with Crippen LogP contribution >= 0.6 is 27.5 Å². The zero-order valence-electron chi connectivity index (χ0n) is 8.68. The van der Waals surface area contributed by atoms with Gasteiger partial charge in [0.25, 0.3) is 0 Å². The predicted molar refractivity (Wildman–Crippen MR) is 68.6 cm³/mol. The Labute approximate surface area is 107 Å². The first-order valence-electron chi connectivity index (χ1n) is 4.81. The average Bonchev–Trinajstić information content (AvgIpc) is 2.54. The highest BCUT2D eigenvalue weighted by Gasteiger charge is 2.15. The van der Waals surface area contributed by atoms with Crippen LogP contribution in [0.1, 0.15) is 17.7 Å². The number of hydrogen-bond acceptors (Lipinski definition) is 2. The molecule has 0 aliphatic rings. The van der Waals surface area contributed by atoms with Crippen LogP contribution in [0.25, 0.3) is 11.1 Å². The van der Waals surface area contributed by atoms with Crippen molar-refractivity contribution in [3.8, 4) is 12.3 Å². The van der Waals surface area contributed by atoms with Crippen molar-refractivity contribution in [3.05, 3.63) is 27.0 Å². The van der Waals surface area contributed by atoms with Crippen molar-refractivity contribution >= 4 is 38.6 Å². The lowest BCUT2D eigenvalue weighted by Gasteiger charge is -1.94. The lowest BCUT2D eigenvalue weighted by Crippen LogP contribution is -1.81. The minimum atomic E-state index is 0.468. The van der Waals surface area contributed by atoms with Gasteiger partial charge >= 0.3 is 0 Å². The third-order valence-corrected chi connectivity index (χ3v) is 3.31. The molecule has 82 valence electrons. The van der Waals surface area contributed by atoms with E-state index in [2.05, 4.69) is 26.8 Å². The van der Waals surface area contributed by atoms with Gasteiger partial charge in [-0.05, 0) is 34.5 Å². The van der Waals surface area contributed by atoms with E-state index in [9.17, 15) is 0 Å². The highest BCUT2D eigenvalue weighted by Crippen LogP contribution is 2.33. The maximum Gasteiger partial charge on any atom is 0.156 e. The monoisotopic (exact) mass is 297 g/mol. The molecule has 0 radical (unpaired) electrons.